The molecule has 0 aliphatic carbocycles. The third kappa shape index (κ3) is 4.69. The van der Waals surface area contributed by atoms with Gasteiger partial charge in [-0.25, -0.2) is 9.38 Å². The molecule has 114 valence electrons. The second kappa shape index (κ2) is 8.12. The molecule has 2 rings (SSSR count). The summed E-state index contributed by atoms with van der Waals surface area (Å²) in [5.74, 6) is -0.287. The Labute approximate surface area is 141 Å². The fraction of sp³-hybridized carbons (Fsp3) is 0.0625. The molecule has 3 nitrogen and oxygen atoms in total. The summed E-state index contributed by atoms with van der Waals surface area (Å²) in [6.07, 6.45) is 1.77. The van der Waals surface area contributed by atoms with Crippen molar-refractivity contribution >= 4 is 39.3 Å². The van der Waals surface area contributed by atoms with Gasteiger partial charge >= 0.3 is 0 Å². The molecule has 0 aromatic heterocycles. The minimum atomic E-state index is -0.287. The van der Waals surface area contributed by atoms with Crippen LogP contribution in [-0.2, 0) is 0 Å². The number of rotatable bonds is 5. The van der Waals surface area contributed by atoms with E-state index in [2.05, 4.69) is 20.9 Å². The lowest BCUT2D eigenvalue weighted by molar-refractivity contribution is 0.628. The summed E-state index contributed by atoms with van der Waals surface area (Å²) >= 11 is 4.49. The lowest BCUT2D eigenvalue weighted by atomic mass is 10.1. The van der Waals surface area contributed by atoms with Crippen LogP contribution in [0.15, 0.2) is 70.2 Å². The topological polar surface area (TPSA) is 64.4 Å². The van der Waals surface area contributed by atoms with Gasteiger partial charge in [0, 0.05) is 21.5 Å². The second-order valence-corrected chi connectivity index (χ2v) is 5.74. The van der Waals surface area contributed by atoms with Crippen LogP contribution < -0.4 is 10.9 Å². The maximum absolute atomic E-state index is 13.1. The molecule has 4 N–H and O–H groups in total. The normalized spacial score (nSPS) is 12.5. The van der Waals surface area contributed by atoms with Crippen molar-refractivity contribution in [2.75, 3.05) is 5.33 Å². The van der Waals surface area contributed by atoms with Gasteiger partial charge in [0.1, 0.15) is 5.82 Å². The van der Waals surface area contributed by atoms with Gasteiger partial charge in [-0.1, -0.05) is 15.9 Å². The summed E-state index contributed by atoms with van der Waals surface area (Å²) in [6.45, 7) is 0. The molecule has 22 heavy (non-hydrogen) atoms. The molecule has 2 aromatic carbocycles. The highest BCUT2D eigenvalue weighted by atomic mass is 79.9. The van der Waals surface area contributed by atoms with E-state index in [1.165, 1.54) is 24.1 Å². The minimum absolute atomic E-state index is 0.287. The monoisotopic (exact) mass is 379 g/mol. The average Bonchev–Trinajstić information content (AvgIpc) is 2.55. The molecule has 0 heterocycles. The Bertz CT molecular complexity index is 682. The summed E-state index contributed by atoms with van der Waals surface area (Å²) in [7, 11) is 0. The van der Waals surface area contributed by atoms with Crippen LogP contribution >= 0.6 is 27.9 Å². The molecule has 0 radical (unpaired) electrons. The van der Waals surface area contributed by atoms with Crippen molar-refractivity contribution in [2.45, 2.75) is 4.90 Å². The lowest BCUT2D eigenvalue weighted by Crippen LogP contribution is -2.05. The molecule has 0 aliphatic rings. The molecule has 2 aromatic rings. The summed E-state index contributed by atoms with van der Waals surface area (Å²) in [6, 6.07) is 13.7. The van der Waals surface area contributed by atoms with Gasteiger partial charge in [-0.2, -0.15) is 0 Å². The first kappa shape index (κ1) is 16.7. The van der Waals surface area contributed by atoms with Gasteiger partial charge in [0.15, 0.2) is 0 Å². The molecule has 0 bridgehead atoms. The van der Waals surface area contributed by atoms with E-state index in [0.717, 1.165) is 16.1 Å². The number of benzene rings is 2. The van der Waals surface area contributed by atoms with Crippen LogP contribution in [0.3, 0.4) is 0 Å². The van der Waals surface area contributed by atoms with Gasteiger partial charge < -0.3 is 5.73 Å². The molecule has 0 atom stereocenters. The molecule has 0 fully saturated rings. The van der Waals surface area contributed by atoms with Crippen LogP contribution in [0.5, 0.6) is 0 Å². The maximum atomic E-state index is 13.1. The third-order valence-corrected chi connectivity index (χ3v) is 4.03. The molecular formula is C16H15BrFN3S. The number of hydrogen-bond donors (Lipinski definition) is 2. The number of aliphatic imine (C=N–C) groups is 1. The Morgan fingerprint density at radius 2 is 1.77 bits per heavy atom. The number of nitrogens with zero attached hydrogens (tertiary/aromatic N) is 1. The zero-order chi connectivity index (χ0) is 15.9. The highest BCUT2D eigenvalue weighted by Crippen LogP contribution is 2.20. The number of nitrogens with two attached hydrogens (primary N) is 2. The van der Waals surface area contributed by atoms with Crippen LogP contribution in [0, 0.1) is 5.82 Å². The van der Waals surface area contributed by atoms with E-state index >= 15 is 0 Å². The highest BCUT2D eigenvalue weighted by molar-refractivity contribution is 9.09. The lowest BCUT2D eigenvalue weighted by Gasteiger charge is -2.05. The van der Waals surface area contributed by atoms with Crippen molar-refractivity contribution < 1.29 is 4.39 Å². The van der Waals surface area contributed by atoms with Crippen molar-refractivity contribution in [3.8, 4) is 0 Å². The van der Waals surface area contributed by atoms with Crippen molar-refractivity contribution in [1.82, 2.24) is 0 Å². The predicted octanol–water partition coefficient (Wildman–Crippen LogP) is 4.15. The van der Waals surface area contributed by atoms with Gasteiger partial charge in [-0.15, -0.1) is 0 Å². The molecule has 0 saturated heterocycles. The summed E-state index contributed by atoms with van der Waals surface area (Å²) < 4.78 is 13.1. The molecule has 0 spiro atoms. The van der Waals surface area contributed by atoms with Crippen molar-refractivity contribution in [1.29, 1.82) is 0 Å². The quantitative estimate of drug-likeness (QED) is 0.465. The maximum Gasteiger partial charge on any atom is 0.123 e. The molecule has 0 aliphatic heterocycles. The Kier molecular flexibility index (Phi) is 6.18. The standard InChI is InChI=1S/C16H15BrFN3S/c17-10-13(19)9-16(11-1-3-12(18)4-2-11)21-14-5-7-15(22-20)8-6-14/h1-9H,10,19-20H2/b13-9-,21-16?. The van der Waals surface area contributed by atoms with Crippen molar-refractivity contribution in [3.63, 3.8) is 0 Å². The van der Waals surface area contributed by atoms with Crippen molar-refractivity contribution in [3.05, 3.63) is 71.7 Å². The van der Waals surface area contributed by atoms with Crippen LogP contribution in [0.2, 0.25) is 0 Å². The minimum Gasteiger partial charge on any atom is -0.401 e. The average molecular weight is 380 g/mol. The van der Waals surface area contributed by atoms with E-state index in [9.17, 15) is 4.39 Å². The predicted molar refractivity (Wildman–Crippen MR) is 95.1 cm³/mol. The van der Waals surface area contributed by atoms with Gasteiger partial charge in [0.25, 0.3) is 0 Å². The van der Waals surface area contributed by atoms with E-state index in [1.54, 1.807) is 18.2 Å². The number of halogens is 2. The van der Waals surface area contributed by atoms with Gasteiger partial charge in [-0.3, -0.25) is 5.14 Å². The number of allylic oxidation sites excluding steroid dienone is 2. The van der Waals surface area contributed by atoms with Crippen LogP contribution in [-0.4, -0.2) is 11.0 Å². The summed E-state index contributed by atoms with van der Waals surface area (Å²) in [5, 5.41) is 6.04. The van der Waals surface area contributed by atoms with E-state index < -0.39 is 0 Å². The van der Waals surface area contributed by atoms with Gasteiger partial charge in [0.05, 0.1) is 11.4 Å². The number of alkyl halides is 1. The molecule has 0 unspecified atom stereocenters. The second-order valence-electron chi connectivity index (χ2n) is 4.47. The zero-order valence-corrected chi connectivity index (χ0v) is 14.1. The van der Waals surface area contributed by atoms with Gasteiger partial charge in [0.2, 0.25) is 0 Å². The first-order chi connectivity index (χ1) is 10.6. The fourth-order valence-electron chi connectivity index (χ4n) is 1.75. The Balaban J connectivity index is 2.42. The van der Waals surface area contributed by atoms with E-state index in [-0.39, 0.29) is 5.82 Å². The summed E-state index contributed by atoms with van der Waals surface area (Å²) in [4.78, 5) is 5.55. The number of hydrogen-bond acceptors (Lipinski definition) is 4. The molecule has 6 heteroatoms. The van der Waals surface area contributed by atoms with E-state index in [1.807, 2.05) is 24.3 Å². The Hall–Kier alpha value is -1.63. The SMILES string of the molecule is NSc1ccc(N=C(/C=C(\N)CBr)c2ccc(F)cc2)cc1. The zero-order valence-electron chi connectivity index (χ0n) is 11.7. The highest BCUT2D eigenvalue weighted by Gasteiger charge is 2.03. The van der Waals surface area contributed by atoms with E-state index in [4.69, 9.17) is 10.9 Å². The first-order valence-corrected chi connectivity index (χ1v) is 8.46. The molecule has 0 amide bonds. The van der Waals surface area contributed by atoms with Crippen molar-refractivity contribution in [2.24, 2.45) is 15.9 Å². The molecule has 0 saturated carbocycles. The molecular weight excluding hydrogens is 365 g/mol. The smallest absolute Gasteiger partial charge is 0.123 e. The van der Waals surface area contributed by atoms with E-state index in [0.29, 0.717) is 16.7 Å². The summed E-state index contributed by atoms with van der Waals surface area (Å²) in [5.41, 5.74) is 8.76. The van der Waals surface area contributed by atoms with Crippen LogP contribution in [0.25, 0.3) is 0 Å². The van der Waals surface area contributed by atoms with Crippen LogP contribution in [0.1, 0.15) is 5.56 Å². The Morgan fingerprint density at radius 1 is 1.14 bits per heavy atom. The fourth-order valence-corrected chi connectivity index (χ4v) is 2.21. The first-order valence-electron chi connectivity index (χ1n) is 6.46. The Morgan fingerprint density at radius 3 is 2.32 bits per heavy atom. The van der Waals surface area contributed by atoms with Crippen LogP contribution in [0.4, 0.5) is 10.1 Å². The largest absolute Gasteiger partial charge is 0.401 e. The third-order valence-electron chi connectivity index (χ3n) is 2.84. The van der Waals surface area contributed by atoms with Gasteiger partial charge in [-0.05, 0) is 66.6 Å².